The Morgan fingerprint density at radius 2 is 0.909 bits per heavy atom. The van der Waals surface area contributed by atoms with Gasteiger partial charge in [0.2, 0.25) is 0 Å². The maximum Gasteiger partial charge on any atom is 0.0541 e. The van der Waals surface area contributed by atoms with Gasteiger partial charge in [-0.15, -0.1) is 11.3 Å². The lowest BCUT2D eigenvalue weighted by atomic mass is 9.95. The second-order valence-electron chi connectivity index (χ2n) is 14.1. The molecule has 2 nitrogen and oxygen atoms in total. The van der Waals surface area contributed by atoms with Crippen LogP contribution in [0, 0.1) is 0 Å². The second kappa shape index (κ2) is 12.9. The summed E-state index contributed by atoms with van der Waals surface area (Å²) in [7, 11) is 0. The van der Waals surface area contributed by atoms with E-state index in [1.807, 2.05) is 11.3 Å². The Bertz CT molecular complexity index is 3150. The van der Waals surface area contributed by atoms with Gasteiger partial charge in [0.1, 0.15) is 0 Å². The van der Waals surface area contributed by atoms with E-state index in [9.17, 15) is 0 Å². The van der Waals surface area contributed by atoms with E-state index in [1.165, 1.54) is 80.7 Å². The monoisotopic (exact) mass is 718 g/mol. The molecule has 0 bridgehead atoms. The van der Waals surface area contributed by atoms with Gasteiger partial charge in [0.05, 0.1) is 22.4 Å². The first-order valence-corrected chi connectivity index (χ1v) is 19.6. The van der Waals surface area contributed by atoms with Crippen molar-refractivity contribution in [3.8, 4) is 27.9 Å². The highest BCUT2D eigenvalue weighted by Gasteiger charge is 2.20. The van der Waals surface area contributed by atoms with Gasteiger partial charge in [-0.05, 0) is 88.8 Å². The molecule has 0 fully saturated rings. The summed E-state index contributed by atoms with van der Waals surface area (Å²) >= 11 is 1.86. The van der Waals surface area contributed by atoms with Crippen molar-refractivity contribution in [3.05, 3.63) is 206 Å². The summed E-state index contributed by atoms with van der Waals surface area (Å²) in [6.45, 7) is 0. The van der Waals surface area contributed by atoms with E-state index < -0.39 is 0 Å². The van der Waals surface area contributed by atoms with Crippen molar-refractivity contribution in [2.75, 3.05) is 4.90 Å². The highest BCUT2D eigenvalue weighted by atomic mass is 32.1. The Kier molecular flexibility index (Phi) is 7.39. The Balaban J connectivity index is 1.05. The van der Waals surface area contributed by atoms with Crippen LogP contribution in [-0.4, -0.2) is 4.57 Å². The zero-order valence-electron chi connectivity index (χ0n) is 29.9. The average Bonchev–Trinajstić information content (AvgIpc) is 3.80. The molecular weight excluding hydrogens is 685 g/mol. The van der Waals surface area contributed by atoms with Crippen LogP contribution in [0.3, 0.4) is 0 Å². The Morgan fingerprint density at radius 1 is 0.345 bits per heavy atom. The van der Waals surface area contributed by atoms with Crippen molar-refractivity contribution in [1.82, 2.24) is 4.57 Å². The minimum atomic E-state index is 1.11. The molecule has 0 radical (unpaired) electrons. The van der Waals surface area contributed by atoms with E-state index in [0.717, 1.165) is 17.1 Å². The predicted molar refractivity (Wildman–Crippen MR) is 237 cm³/mol. The van der Waals surface area contributed by atoms with Crippen LogP contribution in [0.5, 0.6) is 0 Å². The van der Waals surface area contributed by atoms with Crippen molar-refractivity contribution in [2.45, 2.75) is 0 Å². The maximum absolute atomic E-state index is 2.43. The van der Waals surface area contributed by atoms with Crippen LogP contribution in [0.4, 0.5) is 17.1 Å². The SMILES string of the molecule is c1ccc(N(c2ccc(-c3ccc4sc5ccccc5c4c3)cc2)c2ccc(-c3ccccc3-n3c4ccccc4c4ccccc43)c3ccccc23)cc1. The van der Waals surface area contributed by atoms with Gasteiger partial charge in [0.15, 0.2) is 0 Å². The number of benzene rings is 9. The van der Waals surface area contributed by atoms with Crippen LogP contribution < -0.4 is 4.90 Å². The summed E-state index contributed by atoms with van der Waals surface area (Å²) < 4.78 is 5.08. The minimum absolute atomic E-state index is 1.11. The molecule has 0 N–H and O–H groups in total. The molecular formula is C52H34N2S. The van der Waals surface area contributed by atoms with Gasteiger partial charge in [-0.25, -0.2) is 0 Å². The molecule has 0 aliphatic rings. The fraction of sp³-hybridized carbons (Fsp3) is 0. The number of para-hydroxylation sites is 4. The fourth-order valence-corrected chi connectivity index (χ4v) is 9.59. The normalized spacial score (nSPS) is 11.6. The molecule has 0 unspecified atom stereocenters. The van der Waals surface area contributed by atoms with E-state index in [2.05, 4.69) is 216 Å². The Labute approximate surface area is 323 Å². The first-order valence-electron chi connectivity index (χ1n) is 18.8. The van der Waals surface area contributed by atoms with Crippen LogP contribution in [0.1, 0.15) is 0 Å². The Morgan fingerprint density at radius 3 is 1.67 bits per heavy atom. The summed E-state index contributed by atoms with van der Waals surface area (Å²) in [5, 5.41) is 7.57. The van der Waals surface area contributed by atoms with E-state index in [1.54, 1.807) is 0 Å². The maximum atomic E-state index is 2.43. The van der Waals surface area contributed by atoms with Gasteiger partial charge in [-0.3, -0.25) is 0 Å². The summed E-state index contributed by atoms with van der Waals surface area (Å²) in [6, 6.07) is 75.1. The molecule has 0 amide bonds. The molecule has 0 aliphatic carbocycles. The summed E-state index contributed by atoms with van der Waals surface area (Å²) in [6.07, 6.45) is 0. The van der Waals surface area contributed by atoms with Crippen molar-refractivity contribution in [2.24, 2.45) is 0 Å². The number of aromatic nitrogens is 1. The first-order chi connectivity index (χ1) is 27.3. The van der Waals surface area contributed by atoms with E-state index in [4.69, 9.17) is 0 Å². The zero-order valence-corrected chi connectivity index (χ0v) is 30.7. The molecule has 258 valence electrons. The lowest BCUT2D eigenvalue weighted by Crippen LogP contribution is -2.10. The van der Waals surface area contributed by atoms with Gasteiger partial charge < -0.3 is 9.47 Å². The number of thiophene rings is 1. The number of anilines is 3. The smallest absolute Gasteiger partial charge is 0.0541 e. The molecule has 2 aromatic heterocycles. The molecule has 11 rings (SSSR count). The minimum Gasteiger partial charge on any atom is -0.310 e. The van der Waals surface area contributed by atoms with Crippen molar-refractivity contribution < 1.29 is 0 Å². The van der Waals surface area contributed by atoms with Crippen molar-refractivity contribution in [1.29, 1.82) is 0 Å². The molecule has 0 atom stereocenters. The molecule has 3 heteroatoms. The summed E-state index contributed by atoms with van der Waals surface area (Å²) in [4.78, 5) is 2.39. The molecule has 0 aliphatic heterocycles. The number of fused-ring (bicyclic) bond motifs is 7. The van der Waals surface area contributed by atoms with E-state index in [0.29, 0.717) is 0 Å². The average molecular weight is 719 g/mol. The number of nitrogens with zero attached hydrogens (tertiary/aromatic N) is 2. The van der Waals surface area contributed by atoms with Gasteiger partial charge in [-0.1, -0.05) is 140 Å². The van der Waals surface area contributed by atoms with Crippen molar-refractivity contribution >= 4 is 81.1 Å². The quantitative estimate of drug-likeness (QED) is 0.166. The third kappa shape index (κ3) is 5.16. The third-order valence-electron chi connectivity index (χ3n) is 11.0. The predicted octanol–water partition coefficient (Wildman–Crippen LogP) is 15.1. The number of hydrogen-bond donors (Lipinski definition) is 0. The summed E-state index contributed by atoms with van der Waals surface area (Å²) in [5.74, 6) is 0. The van der Waals surface area contributed by atoms with Crippen LogP contribution in [0.25, 0.3) is 80.7 Å². The highest BCUT2D eigenvalue weighted by molar-refractivity contribution is 7.25. The largest absolute Gasteiger partial charge is 0.310 e. The topological polar surface area (TPSA) is 8.17 Å². The van der Waals surface area contributed by atoms with Gasteiger partial charge in [-0.2, -0.15) is 0 Å². The lowest BCUT2D eigenvalue weighted by Gasteiger charge is -2.28. The number of hydrogen-bond acceptors (Lipinski definition) is 2. The van der Waals surface area contributed by atoms with Crippen LogP contribution in [0.2, 0.25) is 0 Å². The van der Waals surface area contributed by atoms with Crippen LogP contribution >= 0.6 is 11.3 Å². The molecule has 2 heterocycles. The zero-order chi connectivity index (χ0) is 36.3. The molecule has 9 aromatic carbocycles. The van der Waals surface area contributed by atoms with Crippen LogP contribution in [0.15, 0.2) is 206 Å². The van der Waals surface area contributed by atoms with Crippen molar-refractivity contribution in [3.63, 3.8) is 0 Å². The standard InChI is InChI=1S/C52H34N2S/c1-2-14-37(15-3-1)53(38-29-26-35(27-30-38)36-28-33-52-46(34-36)45-21-9-13-25-51(45)55-52)50-32-31-40(39-16-4-5-17-41(39)50)42-18-6-10-22-47(42)54-48-23-11-7-19-43(48)44-20-8-12-24-49(44)54/h1-34H. The molecule has 11 aromatic rings. The molecule has 0 spiro atoms. The fourth-order valence-electron chi connectivity index (χ4n) is 8.50. The van der Waals surface area contributed by atoms with E-state index >= 15 is 0 Å². The molecule has 0 saturated heterocycles. The summed E-state index contributed by atoms with van der Waals surface area (Å²) in [5.41, 5.74) is 11.8. The highest BCUT2D eigenvalue weighted by Crippen LogP contribution is 2.44. The number of rotatable bonds is 6. The van der Waals surface area contributed by atoms with Gasteiger partial charge in [0.25, 0.3) is 0 Å². The molecule has 0 saturated carbocycles. The second-order valence-corrected chi connectivity index (χ2v) is 15.2. The third-order valence-corrected chi connectivity index (χ3v) is 12.2. The first kappa shape index (κ1) is 31.6. The Hall–Kier alpha value is -6.94. The lowest BCUT2D eigenvalue weighted by molar-refractivity contribution is 1.18. The van der Waals surface area contributed by atoms with Gasteiger partial charge >= 0.3 is 0 Å². The van der Waals surface area contributed by atoms with E-state index in [-0.39, 0.29) is 0 Å². The van der Waals surface area contributed by atoms with Crippen LogP contribution in [-0.2, 0) is 0 Å². The van der Waals surface area contributed by atoms with Gasteiger partial charge in [0, 0.05) is 53.3 Å². The molecule has 55 heavy (non-hydrogen) atoms.